The Labute approximate surface area is 260 Å². The summed E-state index contributed by atoms with van der Waals surface area (Å²) in [5.74, 6) is 2.32. The lowest BCUT2D eigenvalue weighted by Gasteiger charge is -2.30. The summed E-state index contributed by atoms with van der Waals surface area (Å²) < 4.78 is 23.8. The number of ether oxygens (including phenoxy) is 4. The van der Waals surface area contributed by atoms with Gasteiger partial charge in [-0.1, -0.05) is 36.4 Å². The largest absolute Gasteiger partial charge is 0.497 e. The molecule has 2 amide bonds. The van der Waals surface area contributed by atoms with Crippen LogP contribution in [-0.2, 0) is 14.3 Å². The van der Waals surface area contributed by atoms with Gasteiger partial charge < -0.3 is 23.8 Å². The maximum atomic E-state index is 14.0. The minimum Gasteiger partial charge on any atom is -0.497 e. The summed E-state index contributed by atoms with van der Waals surface area (Å²) in [6.07, 6.45) is 0. The first-order valence-electron chi connectivity index (χ1n) is 14.3. The number of thioether (sulfide) groups is 1. The van der Waals surface area contributed by atoms with Gasteiger partial charge in [-0.3, -0.25) is 14.5 Å². The zero-order chi connectivity index (χ0) is 30.6. The van der Waals surface area contributed by atoms with E-state index in [-0.39, 0.29) is 29.4 Å². The van der Waals surface area contributed by atoms with E-state index in [0.29, 0.717) is 49.4 Å². The summed E-state index contributed by atoms with van der Waals surface area (Å²) in [5, 5.41) is 4.85. The maximum absolute atomic E-state index is 14.0. The predicted octanol–water partition coefficient (Wildman–Crippen LogP) is 4.59. The average molecular weight is 615 g/mol. The number of carbonyl (C=O) groups excluding carboxylic acids is 2. The highest BCUT2D eigenvalue weighted by atomic mass is 32.2. The van der Waals surface area contributed by atoms with Gasteiger partial charge in [-0.15, -0.1) is 11.8 Å². The molecule has 1 saturated heterocycles. The molecule has 0 aliphatic carbocycles. The third-order valence-electron chi connectivity index (χ3n) is 7.82. The standard InChI is InChI=1S/C33H34N4O6S/c1-40-25-12-10-24(11-13-25)37-33-30(31(34-37)22-7-5-4-6-8-22)32(23-9-14-26(41-2)27(19-23)42-3)44-21-29(39)36(33)20-28(38)35-15-17-43-18-16-35/h4-14,19,32H,15-18,20-21H2,1-3H3/t32-/m0/s1. The summed E-state index contributed by atoms with van der Waals surface area (Å²) >= 11 is 1.50. The molecule has 3 heterocycles. The molecular formula is C33H34N4O6S. The third-order valence-corrected chi connectivity index (χ3v) is 9.08. The van der Waals surface area contributed by atoms with Crippen molar-refractivity contribution in [3.8, 4) is 34.2 Å². The molecule has 228 valence electrons. The van der Waals surface area contributed by atoms with Crippen LogP contribution in [0.5, 0.6) is 17.2 Å². The molecule has 0 bridgehead atoms. The number of fused-ring (bicyclic) bond motifs is 1. The van der Waals surface area contributed by atoms with E-state index in [1.54, 1.807) is 35.8 Å². The summed E-state index contributed by atoms with van der Waals surface area (Å²) in [6, 6.07) is 23.2. The predicted molar refractivity (Wildman–Crippen MR) is 169 cm³/mol. The van der Waals surface area contributed by atoms with Crippen molar-refractivity contribution in [3.63, 3.8) is 0 Å². The van der Waals surface area contributed by atoms with Crippen molar-refractivity contribution >= 4 is 29.4 Å². The molecule has 3 aromatic carbocycles. The van der Waals surface area contributed by atoms with E-state index in [1.807, 2.05) is 72.8 Å². The van der Waals surface area contributed by atoms with Crippen molar-refractivity contribution in [2.24, 2.45) is 0 Å². The van der Waals surface area contributed by atoms with Gasteiger partial charge in [0.1, 0.15) is 18.1 Å². The molecule has 11 heteroatoms. The van der Waals surface area contributed by atoms with E-state index >= 15 is 0 Å². The fourth-order valence-electron chi connectivity index (χ4n) is 5.56. The normalized spacial score (nSPS) is 16.7. The van der Waals surface area contributed by atoms with Crippen LogP contribution in [0.1, 0.15) is 16.4 Å². The smallest absolute Gasteiger partial charge is 0.242 e. The highest BCUT2D eigenvalue weighted by molar-refractivity contribution is 8.00. The Morgan fingerprint density at radius 3 is 2.34 bits per heavy atom. The second-order valence-corrected chi connectivity index (χ2v) is 11.4. The lowest BCUT2D eigenvalue weighted by molar-refractivity contribution is -0.134. The molecule has 1 fully saturated rings. The molecule has 10 nitrogen and oxygen atoms in total. The zero-order valence-corrected chi connectivity index (χ0v) is 25.7. The van der Waals surface area contributed by atoms with E-state index in [1.165, 1.54) is 11.8 Å². The number of carbonyl (C=O) groups is 2. The van der Waals surface area contributed by atoms with Crippen LogP contribution in [0.3, 0.4) is 0 Å². The summed E-state index contributed by atoms with van der Waals surface area (Å²) in [4.78, 5) is 31.0. The molecule has 0 saturated carbocycles. The van der Waals surface area contributed by atoms with Crippen molar-refractivity contribution < 1.29 is 28.5 Å². The number of hydrogen-bond acceptors (Lipinski definition) is 8. The van der Waals surface area contributed by atoms with Gasteiger partial charge in [0.25, 0.3) is 0 Å². The van der Waals surface area contributed by atoms with Crippen molar-refractivity contribution in [3.05, 3.63) is 83.9 Å². The summed E-state index contributed by atoms with van der Waals surface area (Å²) in [5.41, 5.74) is 4.12. The van der Waals surface area contributed by atoms with E-state index < -0.39 is 0 Å². The van der Waals surface area contributed by atoms with E-state index in [2.05, 4.69) is 0 Å². The lowest BCUT2D eigenvalue weighted by atomic mass is 9.99. The van der Waals surface area contributed by atoms with Crippen LogP contribution in [0.4, 0.5) is 5.82 Å². The van der Waals surface area contributed by atoms with Gasteiger partial charge in [-0.05, 0) is 42.0 Å². The number of methoxy groups -OCH3 is 3. The molecule has 2 aliphatic heterocycles. The number of amides is 2. The number of nitrogens with zero attached hydrogens (tertiary/aromatic N) is 4. The monoisotopic (exact) mass is 614 g/mol. The Hall–Kier alpha value is -4.48. The minimum absolute atomic E-state index is 0.110. The molecule has 2 aliphatic rings. The number of anilines is 1. The molecular weight excluding hydrogens is 580 g/mol. The molecule has 0 radical (unpaired) electrons. The van der Waals surface area contributed by atoms with Crippen molar-refractivity contribution in [2.45, 2.75) is 5.25 Å². The first-order chi connectivity index (χ1) is 21.5. The van der Waals surface area contributed by atoms with Gasteiger partial charge >= 0.3 is 0 Å². The Balaban J connectivity index is 1.58. The molecule has 1 aromatic heterocycles. The quantitative estimate of drug-likeness (QED) is 0.285. The minimum atomic E-state index is -0.306. The van der Waals surface area contributed by atoms with Gasteiger partial charge in [0.2, 0.25) is 11.8 Å². The van der Waals surface area contributed by atoms with Gasteiger partial charge in [-0.2, -0.15) is 5.10 Å². The van der Waals surface area contributed by atoms with Crippen molar-refractivity contribution in [2.75, 3.05) is 64.8 Å². The van der Waals surface area contributed by atoms with E-state index in [0.717, 1.165) is 28.1 Å². The summed E-state index contributed by atoms with van der Waals surface area (Å²) in [7, 11) is 4.82. The number of rotatable bonds is 8. The van der Waals surface area contributed by atoms with Gasteiger partial charge in [0.15, 0.2) is 11.5 Å². The Kier molecular flexibility index (Phi) is 8.76. The SMILES string of the molecule is COc1ccc(-n2nc(-c3ccccc3)c3c2N(CC(=O)N2CCOCC2)C(=O)CS[C@H]3c2ccc(OC)c(OC)c2)cc1. The molecule has 0 spiro atoms. The third kappa shape index (κ3) is 5.72. The van der Waals surface area contributed by atoms with Crippen LogP contribution in [0.15, 0.2) is 72.8 Å². The number of benzene rings is 3. The first-order valence-corrected chi connectivity index (χ1v) is 15.4. The first kappa shape index (κ1) is 29.6. The van der Waals surface area contributed by atoms with Crippen molar-refractivity contribution in [1.82, 2.24) is 14.7 Å². The molecule has 1 atom stereocenters. The molecule has 4 aromatic rings. The number of morpholine rings is 1. The molecule has 0 unspecified atom stereocenters. The topological polar surface area (TPSA) is 95.4 Å². The molecule has 0 N–H and O–H groups in total. The van der Waals surface area contributed by atoms with Gasteiger partial charge in [0.05, 0.1) is 56.9 Å². The zero-order valence-electron chi connectivity index (χ0n) is 24.9. The average Bonchev–Trinajstić information content (AvgIpc) is 3.41. The fraction of sp³-hybridized carbons (Fsp3) is 0.303. The lowest BCUT2D eigenvalue weighted by Crippen LogP contribution is -2.48. The highest BCUT2D eigenvalue weighted by Crippen LogP contribution is 2.49. The van der Waals surface area contributed by atoms with Crippen LogP contribution in [0.25, 0.3) is 16.9 Å². The Morgan fingerprint density at radius 2 is 1.66 bits per heavy atom. The van der Waals surface area contributed by atoms with Crippen molar-refractivity contribution in [1.29, 1.82) is 0 Å². The number of hydrogen-bond donors (Lipinski definition) is 0. The Morgan fingerprint density at radius 1 is 0.932 bits per heavy atom. The van der Waals surface area contributed by atoms with E-state index in [4.69, 9.17) is 24.0 Å². The summed E-state index contributed by atoms with van der Waals surface area (Å²) in [6.45, 7) is 1.82. The van der Waals surface area contributed by atoms with E-state index in [9.17, 15) is 9.59 Å². The second-order valence-electron chi connectivity index (χ2n) is 10.3. The fourth-order valence-corrected chi connectivity index (χ4v) is 6.75. The Bertz CT molecular complexity index is 1640. The van der Waals surface area contributed by atoms with Gasteiger partial charge in [-0.25, -0.2) is 4.68 Å². The van der Waals surface area contributed by atoms with Crippen LogP contribution in [0, 0.1) is 0 Å². The van der Waals surface area contributed by atoms with Crippen LogP contribution in [0.2, 0.25) is 0 Å². The highest BCUT2D eigenvalue weighted by Gasteiger charge is 2.38. The van der Waals surface area contributed by atoms with Crippen LogP contribution < -0.4 is 19.1 Å². The van der Waals surface area contributed by atoms with Crippen LogP contribution >= 0.6 is 11.8 Å². The molecule has 6 rings (SSSR count). The van der Waals surface area contributed by atoms with Gasteiger partial charge in [0, 0.05) is 24.2 Å². The maximum Gasteiger partial charge on any atom is 0.242 e. The van der Waals surface area contributed by atoms with Crippen LogP contribution in [-0.4, -0.2) is 86.4 Å². The second kappa shape index (κ2) is 13.0. The molecule has 44 heavy (non-hydrogen) atoms. The number of aromatic nitrogens is 2.